The molecule has 0 atom stereocenters. The quantitative estimate of drug-likeness (QED) is 0.460. The van der Waals surface area contributed by atoms with Crippen LogP contribution in [0, 0.1) is 20.2 Å². The van der Waals surface area contributed by atoms with E-state index in [0.717, 1.165) is 24.3 Å². The minimum atomic E-state index is -0.542. The molecule has 0 saturated heterocycles. The van der Waals surface area contributed by atoms with Gasteiger partial charge in [-0.2, -0.15) is 0 Å². The van der Waals surface area contributed by atoms with Crippen LogP contribution in [0.1, 0.15) is 0 Å². The topological polar surface area (TPSA) is 132 Å². The van der Waals surface area contributed by atoms with E-state index >= 15 is 0 Å². The summed E-state index contributed by atoms with van der Waals surface area (Å²) in [5.41, 5.74) is -0.112. The molecule has 104 valence electrons. The monoisotopic (exact) mass is 300 g/mol. The molecular weight excluding hydrogens is 292 g/mol. The molecule has 9 heteroatoms. The van der Waals surface area contributed by atoms with Crippen molar-refractivity contribution in [2.24, 2.45) is 0 Å². The van der Waals surface area contributed by atoms with Crippen LogP contribution in [0.5, 0.6) is 11.5 Å². The first kappa shape index (κ1) is 18.6. The van der Waals surface area contributed by atoms with Crippen LogP contribution in [0.15, 0.2) is 48.5 Å². The number of hydrogen-bond donors (Lipinski definition) is 0. The Balaban J connectivity index is 0.000000364. The summed E-state index contributed by atoms with van der Waals surface area (Å²) in [6, 6.07) is 9.39. The van der Waals surface area contributed by atoms with Crippen LogP contribution >= 0.6 is 0 Å². The first-order valence-electron chi connectivity index (χ1n) is 5.23. The third-order valence-corrected chi connectivity index (χ3v) is 2.10. The van der Waals surface area contributed by atoms with Gasteiger partial charge < -0.3 is 10.2 Å². The largest absolute Gasteiger partial charge is 2.00 e. The minimum Gasteiger partial charge on any atom is -0.872 e. The molecule has 0 amide bonds. The van der Waals surface area contributed by atoms with Crippen molar-refractivity contribution in [3.63, 3.8) is 0 Å². The Morgan fingerprint density at radius 3 is 1.05 bits per heavy atom. The molecule has 0 spiro atoms. The van der Waals surface area contributed by atoms with Crippen LogP contribution in [0.2, 0.25) is 0 Å². The van der Waals surface area contributed by atoms with E-state index in [-0.39, 0.29) is 45.9 Å². The second-order valence-electron chi connectivity index (χ2n) is 3.50. The van der Waals surface area contributed by atoms with Crippen molar-refractivity contribution in [1.82, 2.24) is 0 Å². The fraction of sp³-hybridized carbons (Fsp3) is 0. The molecule has 0 heterocycles. The molecule has 2 rings (SSSR count). The zero-order valence-electron chi connectivity index (χ0n) is 10.7. The second-order valence-corrected chi connectivity index (χ2v) is 3.50. The fourth-order valence-corrected chi connectivity index (χ4v) is 1.14. The zero-order valence-corrected chi connectivity index (χ0v) is 12.1. The van der Waals surface area contributed by atoms with Gasteiger partial charge in [0.25, 0.3) is 11.4 Å². The van der Waals surface area contributed by atoms with Gasteiger partial charge in [-0.1, -0.05) is 24.3 Å². The van der Waals surface area contributed by atoms with Gasteiger partial charge in [0.2, 0.25) is 0 Å². The van der Waals surface area contributed by atoms with Crippen LogP contribution in [-0.2, 0) is 0 Å². The molecule has 2 aromatic carbocycles. The number of nitro benzene ring substituents is 2. The number of benzene rings is 2. The molecule has 0 fully saturated rings. The average molecular weight is 301 g/mol. The van der Waals surface area contributed by atoms with Crippen molar-refractivity contribution in [2.45, 2.75) is 0 Å². The van der Waals surface area contributed by atoms with E-state index in [1.807, 2.05) is 0 Å². The van der Waals surface area contributed by atoms with Gasteiger partial charge in [0.1, 0.15) is 0 Å². The van der Waals surface area contributed by atoms with Crippen molar-refractivity contribution in [3.05, 3.63) is 68.8 Å². The fourth-order valence-electron chi connectivity index (χ4n) is 1.14. The first-order valence-corrected chi connectivity index (χ1v) is 5.23. The van der Waals surface area contributed by atoms with Crippen LogP contribution in [0.25, 0.3) is 0 Å². The number of non-ortho nitro benzene ring substituents is 2. The molecule has 0 aliphatic carbocycles. The molecule has 0 unspecified atom stereocenters. The van der Waals surface area contributed by atoms with E-state index in [1.54, 1.807) is 0 Å². The Morgan fingerprint density at radius 2 is 0.857 bits per heavy atom. The normalized spacial score (nSPS) is 8.76. The van der Waals surface area contributed by atoms with Crippen molar-refractivity contribution in [3.8, 4) is 11.5 Å². The van der Waals surface area contributed by atoms with Gasteiger partial charge in [0.05, 0.1) is 9.85 Å². The molecule has 0 N–H and O–H groups in total. The molecule has 0 saturated carbocycles. The molecule has 0 bridgehead atoms. The molecule has 0 aromatic heterocycles. The Hall–Kier alpha value is -2.39. The van der Waals surface area contributed by atoms with E-state index < -0.39 is 9.85 Å². The standard InChI is InChI=1S/2C6H5NO3.Mg/c2*8-6-3-1-5(2-4-6)7(9)10;/h2*1-4,8H;/q;;+2/p-2. The van der Waals surface area contributed by atoms with Gasteiger partial charge in [0, 0.05) is 24.3 Å². The van der Waals surface area contributed by atoms with Crippen molar-refractivity contribution >= 4 is 34.4 Å². The first-order chi connectivity index (χ1) is 9.40. The molecule has 0 aliphatic rings. The second kappa shape index (κ2) is 8.71. The van der Waals surface area contributed by atoms with Crippen LogP contribution < -0.4 is 10.2 Å². The Kier molecular flexibility index (Phi) is 7.72. The Labute approximate surface area is 135 Å². The minimum absolute atomic E-state index is 0. The molecule has 8 nitrogen and oxygen atoms in total. The third kappa shape index (κ3) is 6.54. The number of hydrogen-bond acceptors (Lipinski definition) is 6. The van der Waals surface area contributed by atoms with Crippen LogP contribution in [0.3, 0.4) is 0 Å². The summed E-state index contributed by atoms with van der Waals surface area (Å²) in [4.78, 5) is 18.9. The summed E-state index contributed by atoms with van der Waals surface area (Å²) in [6.07, 6.45) is 0. The average Bonchev–Trinajstić information content (AvgIpc) is 2.40. The smallest absolute Gasteiger partial charge is 0.872 e. The SMILES string of the molecule is O=[N+]([O-])c1ccc([O-])cc1.O=[N+]([O-])c1ccc([O-])cc1.[Mg+2]. The van der Waals surface area contributed by atoms with Crippen LogP contribution in [-0.4, -0.2) is 32.9 Å². The van der Waals surface area contributed by atoms with Gasteiger partial charge in [0.15, 0.2) is 0 Å². The van der Waals surface area contributed by atoms with Gasteiger partial charge in [-0.15, -0.1) is 11.5 Å². The van der Waals surface area contributed by atoms with Crippen molar-refractivity contribution < 1.29 is 20.1 Å². The van der Waals surface area contributed by atoms with E-state index in [0.29, 0.717) is 0 Å². The predicted octanol–water partition coefficient (Wildman–Crippen LogP) is 0.956. The number of rotatable bonds is 2. The van der Waals surface area contributed by atoms with Crippen molar-refractivity contribution in [2.75, 3.05) is 0 Å². The third-order valence-electron chi connectivity index (χ3n) is 2.10. The molecular formula is C12H8MgN2O6. The van der Waals surface area contributed by atoms with E-state index in [1.165, 1.54) is 24.3 Å². The van der Waals surface area contributed by atoms with Gasteiger partial charge in [-0.25, -0.2) is 0 Å². The molecule has 0 aliphatic heterocycles. The summed E-state index contributed by atoms with van der Waals surface area (Å²) < 4.78 is 0. The molecule has 21 heavy (non-hydrogen) atoms. The van der Waals surface area contributed by atoms with E-state index in [2.05, 4.69) is 0 Å². The van der Waals surface area contributed by atoms with Crippen LogP contribution in [0.4, 0.5) is 11.4 Å². The van der Waals surface area contributed by atoms with Gasteiger partial charge in [-0.3, -0.25) is 20.2 Å². The summed E-state index contributed by atoms with van der Waals surface area (Å²) in [5, 5.41) is 40.9. The van der Waals surface area contributed by atoms with Crippen molar-refractivity contribution in [1.29, 1.82) is 0 Å². The summed E-state index contributed by atoms with van der Waals surface area (Å²) >= 11 is 0. The maximum absolute atomic E-state index is 10.4. The Morgan fingerprint density at radius 1 is 0.619 bits per heavy atom. The van der Waals surface area contributed by atoms with Gasteiger partial charge in [-0.05, 0) is 0 Å². The van der Waals surface area contributed by atoms with Gasteiger partial charge >= 0.3 is 23.1 Å². The summed E-state index contributed by atoms with van der Waals surface area (Å²) in [7, 11) is 0. The maximum atomic E-state index is 10.4. The van der Waals surface area contributed by atoms with E-state index in [4.69, 9.17) is 0 Å². The molecule has 2 aromatic rings. The zero-order chi connectivity index (χ0) is 15.1. The number of nitro groups is 2. The van der Waals surface area contributed by atoms with E-state index in [9.17, 15) is 30.4 Å². The number of nitrogens with zero attached hydrogens (tertiary/aromatic N) is 2. The maximum Gasteiger partial charge on any atom is 2.00 e. The molecule has 0 radical (unpaired) electrons. The summed E-state index contributed by atoms with van der Waals surface area (Å²) in [6.45, 7) is 0. The Bertz CT molecular complexity index is 545. The predicted molar refractivity (Wildman–Crippen MR) is 70.8 cm³/mol. The summed E-state index contributed by atoms with van der Waals surface area (Å²) in [5.74, 6) is -0.434.